The van der Waals surface area contributed by atoms with Crippen molar-refractivity contribution in [2.75, 3.05) is 11.5 Å². The number of aromatic nitrogens is 2. The summed E-state index contributed by atoms with van der Waals surface area (Å²) in [7, 11) is -2.91. The van der Waals surface area contributed by atoms with Crippen LogP contribution in [0.4, 0.5) is 0 Å². The fourth-order valence-electron chi connectivity index (χ4n) is 1.53. The van der Waals surface area contributed by atoms with Gasteiger partial charge in [-0.25, -0.2) is 8.42 Å². The van der Waals surface area contributed by atoms with E-state index in [0.29, 0.717) is 13.0 Å². The summed E-state index contributed by atoms with van der Waals surface area (Å²) in [6, 6.07) is 0. The molecule has 92 valence electrons. The zero-order valence-corrected chi connectivity index (χ0v) is 12.8. The van der Waals surface area contributed by atoms with Crippen LogP contribution in [0.15, 0.2) is 0 Å². The van der Waals surface area contributed by atoms with Crippen molar-refractivity contribution in [1.29, 1.82) is 0 Å². The fourth-order valence-corrected chi connectivity index (χ4v) is 3.19. The Morgan fingerprint density at radius 1 is 1.31 bits per heavy atom. The molecule has 0 aromatic carbocycles. The van der Waals surface area contributed by atoms with Gasteiger partial charge >= 0.3 is 0 Å². The summed E-state index contributed by atoms with van der Waals surface area (Å²) in [5, 5.41) is 4.32. The van der Waals surface area contributed by atoms with Crippen molar-refractivity contribution < 1.29 is 8.42 Å². The van der Waals surface area contributed by atoms with Crippen LogP contribution in [0.2, 0.25) is 0 Å². The van der Waals surface area contributed by atoms with Crippen LogP contribution in [-0.4, -0.2) is 29.7 Å². The second kappa shape index (κ2) is 5.48. The van der Waals surface area contributed by atoms with Gasteiger partial charge in [0.2, 0.25) is 0 Å². The van der Waals surface area contributed by atoms with E-state index in [9.17, 15) is 8.42 Å². The lowest BCUT2D eigenvalue weighted by molar-refractivity contribution is 0.575. The van der Waals surface area contributed by atoms with Gasteiger partial charge in [0.15, 0.2) is 9.84 Å². The molecule has 0 spiro atoms. The number of hydrogen-bond acceptors (Lipinski definition) is 3. The number of halogens is 1. The molecule has 0 saturated heterocycles. The Balaban J connectivity index is 2.72. The summed E-state index contributed by atoms with van der Waals surface area (Å²) in [6.07, 6.45) is 0.678. The molecule has 1 rings (SSSR count). The first-order chi connectivity index (χ1) is 7.37. The predicted octanol–water partition coefficient (Wildman–Crippen LogP) is 1.93. The average molecular weight is 356 g/mol. The second-order valence-electron chi connectivity index (χ2n) is 3.86. The molecular formula is C10H17IN2O2S. The van der Waals surface area contributed by atoms with Gasteiger partial charge in [-0.3, -0.25) is 4.68 Å². The standard InChI is InChI=1S/C10H17IN2O2S/c1-4-6-16(14,15)7-5-13-9(3)10(11)8(2)12-13/h4-7H2,1-3H3. The van der Waals surface area contributed by atoms with E-state index in [1.54, 1.807) is 4.68 Å². The Morgan fingerprint density at radius 2 is 1.94 bits per heavy atom. The van der Waals surface area contributed by atoms with Crippen molar-refractivity contribution in [3.05, 3.63) is 15.0 Å². The summed E-state index contributed by atoms with van der Waals surface area (Å²) in [4.78, 5) is 0. The quantitative estimate of drug-likeness (QED) is 0.758. The molecule has 0 aliphatic heterocycles. The highest BCUT2D eigenvalue weighted by molar-refractivity contribution is 14.1. The van der Waals surface area contributed by atoms with Crippen molar-refractivity contribution in [2.45, 2.75) is 33.7 Å². The third-order valence-corrected chi connectivity index (χ3v) is 5.82. The summed E-state index contributed by atoms with van der Waals surface area (Å²) >= 11 is 2.23. The van der Waals surface area contributed by atoms with Crippen molar-refractivity contribution in [2.24, 2.45) is 0 Å². The van der Waals surface area contributed by atoms with Gasteiger partial charge in [0.1, 0.15) is 0 Å². The van der Waals surface area contributed by atoms with Crippen molar-refractivity contribution >= 4 is 32.4 Å². The van der Waals surface area contributed by atoms with Crippen LogP contribution >= 0.6 is 22.6 Å². The number of rotatable bonds is 5. The number of nitrogens with zero attached hydrogens (tertiary/aromatic N) is 2. The third kappa shape index (κ3) is 3.44. The highest BCUT2D eigenvalue weighted by Gasteiger charge is 2.13. The summed E-state index contributed by atoms with van der Waals surface area (Å²) in [5.74, 6) is 0.447. The maximum absolute atomic E-state index is 11.6. The SMILES string of the molecule is CCCS(=O)(=O)CCn1nc(C)c(I)c1C. The van der Waals surface area contributed by atoms with Gasteiger partial charge < -0.3 is 0 Å². The minimum absolute atomic E-state index is 0.179. The molecule has 1 aromatic rings. The predicted molar refractivity (Wildman–Crippen MR) is 73.4 cm³/mol. The normalized spacial score (nSPS) is 12.0. The molecule has 0 bridgehead atoms. The molecule has 0 atom stereocenters. The van der Waals surface area contributed by atoms with Gasteiger partial charge in [-0.1, -0.05) is 6.92 Å². The molecular weight excluding hydrogens is 339 g/mol. The van der Waals surface area contributed by atoms with E-state index in [4.69, 9.17) is 0 Å². The monoisotopic (exact) mass is 356 g/mol. The van der Waals surface area contributed by atoms with Gasteiger partial charge in [-0.15, -0.1) is 0 Å². The highest BCUT2D eigenvalue weighted by Crippen LogP contribution is 2.15. The molecule has 6 heteroatoms. The number of hydrogen-bond donors (Lipinski definition) is 0. The Morgan fingerprint density at radius 3 is 2.38 bits per heavy atom. The van der Waals surface area contributed by atoms with E-state index in [-0.39, 0.29) is 11.5 Å². The Hall–Kier alpha value is -0.110. The summed E-state index contributed by atoms with van der Waals surface area (Å²) in [5.41, 5.74) is 2.01. The first-order valence-electron chi connectivity index (χ1n) is 5.27. The Bertz CT molecular complexity index is 465. The average Bonchev–Trinajstić information content (AvgIpc) is 2.43. The molecule has 0 saturated carbocycles. The smallest absolute Gasteiger partial charge is 0.152 e. The van der Waals surface area contributed by atoms with Gasteiger partial charge in [0.25, 0.3) is 0 Å². The van der Waals surface area contributed by atoms with Gasteiger partial charge in [-0.05, 0) is 42.9 Å². The largest absolute Gasteiger partial charge is 0.267 e. The van der Waals surface area contributed by atoms with Crippen LogP contribution in [0.1, 0.15) is 24.7 Å². The number of aryl methyl sites for hydroxylation is 2. The summed E-state index contributed by atoms with van der Waals surface area (Å²) in [6.45, 7) is 6.24. The lowest BCUT2D eigenvalue weighted by atomic mass is 10.4. The van der Waals surface area contributed by atoms with Crippen molar-refractivity contribution in [1.82, 2.24) is 9.78 Å². The maximum Gasteiger partial charge on any atom is 0.152 e. The Labute approximate surface area is 110 Å². The topological polar surface area (TPSA) is 52.0 Å². The number of sulfone groups is 1. The van der Waals surface area contributed by atoms with Crippen LogP contribution in [0, 0.1) is 17.4 Å². The van der Waals surface area contributed by atoms with Crippen LogP contribution in [-0.2, 0) is 16.4 Å². The highest BCUT2D eigenvalue weighted by atomic mass is 127. The maximum atomic E-state index is 11.6. The summed E-state index contributed by atoms with van der Waals surface area (Å²) < 4.78 is 26.0. The first-order valence-corrected chi connectivity index (χ1v) is 8.17. The van der Waals surface area contributed by atoms with Crippen LogP contribution < -0.4 is 0 Å². The molecule has 0 N–H and O–H groups in total. The van der Waals surface area contributed by atoms with Gasteiger partial charge in [-0.2, -0.15) is 5.10 Å². The molecule has 16 heavy (non-hydrogen) atoms. The molecule has 0 aliphatic rings. The molecule has 1 heterocycles. The molecule has 0 radical (unpaired) electrons. The Kier molecular flexibility index (Phi) is 4.78. The van der Waals surface area contributed by atoms with Crippen LogP contribution in [0.5, 0.6) is 0 Å². The lowest BCUT2D eigenvalue weighted by Crippen LogP contribution is -2.17. The molecule has 4 nitrogen and oxygen atoms in total. The molecule has 1 aromatic heterocycles. The van der Waals surface area contributed by atoms with E-state index in [2.05, 4.69) is 27.7 Å². The van der Waals surface area contributed by atoms with E-state index in [1.807, 2.05) is 20.8 Å². The second-order valence-corrected chi connectivity index (χ2v) is 7.24. The minimum Gasteiger partial charge on any atom is -0.267 e. The molecule has 0 fully saturated rings. The zero-order chi connectivity index (χ0) is 12.3. The van der Waals surface area contributed by atoms with E-state index in [0.717, 1.165) is 15.0 Å². The van der Waals surface area contributed by atoms with Gasteiger partial charge in [0.05, 0.1) is 21.6 Å². The first kappa shape index (κ1) is 14.0. The zero-order valence-electron chi connectivity index (χ0n) is 9.83. The molecule has 0 aliphatic carbocycles. The van der Waals surface area contributed by atoms with Crippen LogP contribution in [0.25, 0.3) is 0 Å². The fraction of sp³-hybridized carbons (Fsp3) is 0.700. The van der Waals surface area contributed by atoms with Gasteiger partial charge in [0, 0.05) is 11.4 Å². The van der Waals surface area contributed by atoms with Crippen molar-refractivity contribution in [3.8, 4) is 0 Å². The lowest BCUT2D eigenvalue weighted by Gasteiger charge is -2.05. The minimum atomic E-state index is -2.91. The third-order valence-electron chi connectivity index (χ3n) is 2.42. The molecule has 0 unspecified atom stereocenters. The van der Waals surface area contributed by atoms with E-state index in [1.165, 1.54) is 0 Å². The van der Waals surface area contributed by atoms with E-state index < -0.39 is 9.84 Å². The van der Waals surface area contributed by atoms with Crippen molar-refractivity contribution in [3.63, 3.8) is 0 Å². The van der Waals surface area contributed by atoms with E-state index >= 15 is 0 Å². The molecule has 0 amide bonds. The van der Waals surface area contributed by atoms with Crippen LogP contribution in [0.3, 0.4) is 0 Å².